The summed E-state index contributed by atoms with van der Waals surface area (Å²) >= 11 is 0. The van der Waals surface area contributed by atoms with Crippen molar-refractivity contribution >= 4 is 11.8 Å². The molecule has 3 rings (SSSR count). The monoisotopic (exact) mass is 363 g/mol. The van der Waals surface area contributed by atoms with Gasteiger partial charge in [0.05, 0.1) is 25.1 Å². The van der Waals surface area contributed by atoms with E-state index in [0.717, 1.165) is 11.3 Å². The number of rotatable bonds is 6. The van der Waals surface area contributed by atoms with Crippen molar-refractivity contribution in [3.05, 3.63) is 65.9 Å². The predicted octanol–water partition coefficient (Wildman–Crippen LogP) is 3.66. The third-order valence-corrected chi connectivity index (χ3v) is 3.89. The van der Waals surface area contributed by atoms with Gasteiger partial charge in [-0.1, -0.05) is 17.3 Å². The first kappa shape index (κ1) is 18.3. The van der Waals surface area contributed by atoms with E-state index in [1.807, 2.05) is 68.6 Å². The van der Waals surface area contributed by atoms with Crippen molar-refractivity contribution in [3.63, 3.8) is 0 Å². The average Bonchev–Trinajstić information content (AvgIpc) is 3.19. The Morgan fingerprint density at radius 2 is 1.59 bits per heavy atom. The van der Waals surface area contributed by atoms with Gasteiger partial charge in [-0.05, 0) is 50.2 Å². The quantitative estimate of drug-likeness (QED) is 0.516. The third-order valence-electron chi connectivity index (χ3n) is 3.89. The molecule has 0 unspecified atom stereocenters. The fourth-order valence-corrected chi connectivity index (χ4v) is 2.56. The molecule has 0 fully saturated rings. The molecular weight excluding hydrogens is 342 g/mol. The highest BCUT2D eigenvalue weighted by molar-refractivity contribution is 5.93. The van der Waals surface area contributed by atoms with Gasteiger partial charge in [0.1, 0.15) is 5.69 Å². The molecule has 2 N–H and O–H groups in total. The molecule has 3 aromatic rings. The normalized spacial score (nSPS) is 10.4. The highest BCUT2D eigenvalue weighted by Gasteiger charge is 2.09. The summed E-state index contributed by atoms with van der Waals surface area (Å²) in [5.74, 6) is 0.288. The van der Waals surface area contributed by atoms with E-state index in [1.54, 1.807) is 4.68 Å². The van der Waals surface area contributed by atoms with Crippen molar-refractivity contribution in [2.75, 3.05) is 13.2 Å². The zero-order valence-corrected chi connectivity index (χ0v) is 15.3. The van der Waals surface area contributed by atoms with E-state index in [9.17, 15) is 0 Å². The van der Waals surface area contributed by atoms with Gasteiger partial charge in [0.2, 0.25) is 11.8 Å². The molecule has 0 aliphatic carbocycles. The van der Waals surface area contributed by atoms with Gasteiger partial charge in [0.15, 0.2) is 0 Å². The Labute approximate surface area is 157 Å². The first-order chi connectivity index (χ1) is 13.1. The van der Waals surface area contributed by atoms with Crippen LogP contribution < -0.4 is 0 Å². The van der Waals surface area contributed by atoms with Crippen LogP contribution in [0.15, 0.2) is 54.7 Å². The molecule has 0 saturated heterocycles. The molecule has 0 aliphatic heterocycles. The number of benzene rings is 2. The van der Waals surface area contributed by atoms with Crippen molar-refractivity contribution < 1.29 is 9.47 Å². The molecule has 27 heavy (non-hydrogen) atoms. The molecule has 1 aromatic heterocycles. The summed E-state index contributed by atoms with van der Waals surface area (Å²) in [6.45, 7) is 4.62. The number of hydrogen-bond donors (Lipinski definition) is 2. The molecule has 0 amide bonds. The first-order valence-electron chi connectivity index (χ1n) is 8.69. The van der Waals surface area contributed by atoms with Crippen LogP contribution in [0.2, 0.25) is 0 Å². The highest BCUT2D eigenvalue weighted by Crippen LogP contribution is 2.20. The van der Waals surface area contributed by atoms with E-state index in [4.69, 9.17) is 20.3 Å². The fraction of sp³-hybridized carbons (Fsp3) is 0.200. The largest absolute Gasteiger partial charge is 0.478 e. The molecule has 138 valence electrons. The van der Waals surface area contributed by atoms with Crippen molar-refractivity contribution in [2.24, 2.45) is 0 Å². The molecule has 7 heteroatoms. The smallest absolute Gasteiger partial charge is 0.213 e. The van der Waals surface area contributed by atoms with Crippen LogP contribution in [0.5, 0.6) is 0 Å². The molecule has 0 bridgehead atoms. The first-order valence-corrected chi connectivity index (χ1v) is 8.69. The number of nitrogens with zero attached hydrogens (tertiary/aromatic N) is 3. The van der Waals surface area contributed by atoms with Crippen molar-refractivity contribution in [1.29, 1.82) is 10.8 Å². The minimum Gasteiger partial charge on any atom is -0.478 e. The van der Waals surface area contributed by atoms with Crippen LogP contribution in [0.3, 0.4) is 0 Å². The molecule has 0 radical (unpaired) electrons. The van der Waals surface area contributed by atoms with Gasteiger partial charge in [-0.2, -0.15) is 0 Å². The van der Waals surface area contributed by atoms with Gasteiger partial charge in [-0.15, -0.1) is 5.10 Å². The van der Waals surface area contributed by atoms with Gasteiger partial charge in [0.25, 0.3) is 0 Å². The summed E-state index contributed by atoms with van der Waals surface area (Å²) in [5, 5.41) is 24.2. The minimum atomic E-state index is 0.138. The molecule has 7 nitrogen and oxygen atoms in total. The Bertz CT molecular complexity index is 947. The second-order valence-corrected chi connectivity index (χ2v) is 5.70. The summed E-state index contributed by atoms with van der Waals surface area (Å²) in [7, 11) is 0. The van der Waals surface area contributed by atoms with Crippen molar-refractivity contribution in [3.8, 4) is 16.9 Å². The number of aromatic nitrogens is 3. The lowest BCUT2D eigenvalue weighted by Gasteiger charge is -2.06. The summed E-state index contributed by atoms with van der Waals surface area (Å²) in [5.41, 5.74) is 3.80. The number of ether oxygens (including phenoxy) is 2. The second-order valence-electron chi connectivity index (χ2n) is 5.70. The molecule has 0 saturated carbocycles. The van der Waals surface area contributed by atoms with E-state index in [0.29, 0.717) is 30.0 Å². The van der Waals surface area contributed by atoms with Crippen LogP contribution in [0.1, 0.15) is 25.0 Å². The molecule has 0 spiro atoms. The minimum absolute atomic E-state index is 0.138. The maximum atomic E-state index is 7.92. The van der Waals surface area contributed by atoms with E-state index >= 15 is 0 Å². The summed E-state index contributed by atoms with van der Waals surface area (Å²) in [4.78, 5) is 0. The molecule has 0 atom stereocenters. The molecule has 2 aromatic carbocycles. The van der Waals surface area contributed by atoms with Gasteiger partial charge < -0.3 is 9.47 Å². The van der Waals surface area contributed by atoms with E-state index in [1.165, 1.54) is 0 Å². The fourth-order valence-electron chi connectivity index (χ4n) is 2.56. The van der Waals surface area contributed by atoms with Crippen LogP contribution in [0, 0.1) is 10.8 Å². The van der Waals surface area contributed by atoms with Gasteiger partial charge in [-0.25, -0.2) is 4.68 Å². The lowest BCUT2D eigenvalue weighted by Crippen LogP contribution is -2.05. The lowest BCUT2D eigenvalue weighted by molar-refractivity contribution is 0.325. The van der Waals surface area contributed by atoms with Crippen molar-refractivity contribution in [1.82, 2.24) is 15.0 Å². The van der Waals surface area contributed by atoms with Crippen LogP contribution in [-0.4, -0.2) is 40.0 Å². The summed E-state index contributed by atoms with van der Waals surface area (Å²) < 4.78 is 12.1. The van der Waals surface area contributed by atoms with Crippen molar-refractivity contribution in [2.45, 2.75) is 13.8 Å². The van der Waals surface area contributed by atoms with Gasteiger partial charge in [-0.3, -0.25) is 10.8 Å². The van der Waals surface area contributed by atoms with Crippen LogP contribution in [-0.2, 0) is 9.47 Å². The molecule has 1 heterocycles. The SMILES string of the molecule is CCOC(=N)c1ccc(-n2cc(-c3cccc(C(=N)OCC)c3)nn2)cc1. The zero-order valence-electron chi connectivity index (χ0n) is 15.3. The van der Waals surface area contributed by atoms with Crippen LogP contribution >= 0.6 is 0 Å². The van der Waals surface area contributed by atoms with Gasteiger partial charge in [0, 0.05) is 16.7 Å². The molecular formula is C20H21N5O2. The van der Waals surface area contributed by atoms with Gasteiger partial charge >= 0.3 is 0 Å². The third kappa shape index (κ3) is 4.20. The Kier molecular flexibility index (Phi) is 5.61. The highest BCUT2D eigenvalue weighted by atomic mass is 16.5. The summed E-state index contributed by atoms with van der Waals surface area (Å²) in [6.07, 6.45) is 1.83. The maximum Gasteiger partial charge on any atom is 0.213 e. The summed E-state index contributed by atoms with van der Waals surface area (Å²) in [6, 6.07) is 14.8. The zero-order chi connectivity index (χ0) is 19.2. The number of hydrogen-bond acceptors (Lipinski definition) is 6. The molecule has 0 aliphatic rings. The van der Waals surface area contributed by atoms with E-state index in [2.05, 4.69) is 10.3 Å². The Hall–Kier alpha value is -3.48. The average molecular weight is 363 g/mol. The number of nitrogens with one attached hydrogen (secondary N) is 2. The lowest BCUT2D eigenvalue weighted by atomic mass is 10.1. The Balaban J connectivity index is 1.82. The van der Waals surface area contributed by atoms with E-state index < -0.39 is 0 Å². The second kappa shape index (κ2) is 8.27. The Morgan fingerprint density at radius 1 is 0.926 bits per heavy atom. The Morgan fingerprint density at radius 3 is 2.26 bits per heavy atom. The van der Waals surface area contributed by atoms with E-state index in [-0.39, 0.29) is 11.8 Å². The predicted molar refractivity (Wildman–Crippen MR) is 104 cm³/mol. The van der Waals surface area contributed by atoms with Crippen LogP contribution in [0.25, 0.3) is 16.9 Å². The maximum absolute atomic E-state index is 7.92. The standard InChI is InChI=1S/C20H21N5O2/c1-3-26-19(21)14-8-10-17(11-9-14)25-13-18(23-24-25)15-6-5-7-16(12-15)20(22)27-4-2/h5-13,21-22H,3-4H2,1-2H3. The topological polar surface area (TPSA) is 96.9 Å². The van der Waals surface area contributed by atoms with Crippen LogP contribution in [0.4, 0.5) is 0 Å².